The molecule has 0 spiro atoms. The van der Waals surface area contributed by atoms with E-state index in [1.54, 1.807) is 11.3 Å². The summed E-state index contributed by atoms with van der Waals surface area (Å²) in [6, 6.07) is 0. The zero-order valence-corrected chi connectivity index (χ0v) is 7.05. The van der Waals surface area contributed by atoms with Crippen LogP contribution in [0.3, 0.4) is 0 Å². The standard InChI is InChI=1S/C8H11NOS/c10-7-3-1-2-6(7)8-9-4-5-11-8/h4-7,10H,1-3H2. The minimum atomic E-state index is -0.138. The number of rotatable bonds is 1. The van der Waals surface area contributed by atoms with Crippen LogP contribution in [0, 0.1) is 0 Å². The topological polar surface area (TPSA) is 33.1 Å². The molecule has 2 nitrogen and oxygen atoms in total. The highest BCUT2D eigenvalue weighted by Crippen LogP contribution is 2.35. The van der Waals surface area contributed by atoms with Gasteiger partial charge in [-0.1, -0.05) is 6.42 Å². The van der Waals surface area contributed by atoms with Crippen molar-refractivity contribution in [3.05, 3.63) is 16.6 Å². The van der Waals surface area contributed by atoms with Gasteiger partial charge in [-0.3, -0.25) is 0 Å². The summed E-state index contributed by atoms with van der Waals surface area (Å²) in [6.45, 7) is 0. The SMILES string of the molecule is OC1CCCC1c1nccs1. The molecule has 60 valence electrons. The lowest BCUT2D eigenvalue weighted by atomic mass is 10.1. The van der Waals surface area contributed by atoms with Crippen molar-refractivity contribution < 1.29 is 5.11 Å². The molecular weight excluding hydrogens is 158 g/mol. The first-order chi connectivity index (χ1) is 5.38. The smallest absolute Gasteiger partial charge is 0.0981 e. The average Bonchev–Trinajstić information content (AvgIpc) is 2.55. The minimum Gasteiger partial charge on any atom is -0.392 e. The van der Waals surface area contributed by atoms with Crippen molar-refractivity contribution in [2.24, 2.45) is 0 Å². The highest BCUT2D eigenvalue weighted by atomic mass is 32.1. The molecule has 1 aliphatic carbocycles. The number of hydrogen-bond donors (Lipinski definition) is 1. The van der Waals surface area contributed by atoms with Gasteiger partial charge in [-0.25, -0.2) is 4.98 Å². The van der Waals surface area contributed by atoms with Crippen LogP contribution in [0.1, 0.15) is 30.2 Å². The third kappa shape index (κ3) is 1.30. The van der Waals surface area contributed by atoms with Gasteiger partial charge in [0.15, 0.2) is 0 Å². The largest absolute Gasteiger partial charge is 0.392 e. The summed E-state index contributed by atoms with van der Waals surface area (Å²) < 4.78 is 0. The summed E-state index contributed by atoms with van der Waals surface area (Å²) in [7, 11) is 0. The molecule has 0 bridgehead atoms. The molecule has 1 fully saturated rings. The van der Waals surface area contributed by atoms with Crippen LogP contribution in [-0.2, 0) is 0 Å². The molecule has 2 unspecified atom stereocenters. The van der Waals surface area contributed by atoms with Gasteiger partial charge in [-0.05, 0) is 12.8 Å². The van der Waals surface area contributed by atoms with Gasteiger partial charge in [0.2, 0.25) is 0 Å². The van der Waals surface area contributed by atoms with Crippen molar-refractivity contribution in [2.45, 2.75) is 31.3 Å². The molecule has 2 atom stereocenters. The van der Waals surface area contributed by atoms with E-state index in [-0.39, 0.29) is 6.10 Å². The first kappa shape index (κ1) is 7.25. The van der Waals surface area contributed by atoms with E-state index in [9.17, 15) is 5.11 Å². The Kier molecular flexibility index (Phi) is 1.92. The van der Waals surface area contributed by atoms with Gasteiger partial charge in [0.1, 0.15) is 0 Å². The quantitative estimate of drug-likeness (QED) is 0.695. The van der Waals surface area contributed by atoms with E-state index in [1.165, 1.54) is 0 Å². The molecule has 1 N–H and O–H groups in total. The molecule has 11 heavy (non-hydrogen) atoms. The summed E-state index contributed by atoms with van der Waals surface area (Å²) in [6.07, 6.45) is 4.87. The monoisotopic (exact) mass is 169 g/mol. The van der Waals surface area contributed by atoms with Crippen molar-refractivity contribution in [1.29, 1.82) is 0 Å². The number of aliphatic hydroxyl groups is 1. The maximum atomic E-state index is 9.53. The minimum absolute atomic E-state index is 0.138. The van der Waals surface area contributed by atoms with Gasteiger partial charge in [-0.15, -0.1) is 11.3 Å². The summed E-state index contributed by atoms with van der Waals surface area (Å²) >= 11 is 1.65. The van der Waals surface area contributed by atoms with Crippen LogP contribution < -0.4 is 0 Å². The van der Waals surface area contributed by atoms with E-state index in [4.69, 9.17) is 0 Å². The maximum Gasteiger partial charge on any atom is 0.0981 e. The van der Waals surface area contributed by atoms with Crippen molar-refractivity contribution >= 4 is 11.3 Å². The lowest BCUT2D eigenvalue weighted by molar-refractivity contribution is 0.163. The van der Waals surface area contributed by atoms with Crippen LogP contribution in [0.4, 0.5) is 0 Å². The zero-order valence-electron chi connectivity index (χ0n) is 6.23. The molecule has 0 amide bonds. The second kappa shape index (κ2) is 2.91. The molecule has 1 aliphatic rings. The summed E-state index contributed by atoms with van der Waals surface area (Å²) in [5.74, 6) is 0.329. The third-order valence-electron chi connectivity index (χ3n) is 2.25. The van der Waals surface area contributed by atoms with Crippen LogP contribution >= 0.6 is 11.3 Å². The fraction of sp³-hybridized carbons (Fsp3) is 0.625. The molecule has 1 aromatic rings. The van der Waals surface area contributed by atoms with E-state index in [1.807, 2.05) is 11.6 Å². The van der Waals surface area contributed by atoms with Crippen LogP contribution in [0.2, 0.25) is 0 Å². The lowest BCUT2D eigenvalue weighted by Gasteiger charge is -2.09. The first-order valence-electron chi connectivity index (χ1n) is 3.95. The van der Waals surface area contributed by atoms with Gasteiger partial charge in [0.25, 0.3) is 0 Å². The van der Waals surface area contributed by atoms with Crippen LogP contribution in [0.25, 0.3) is 0 Å². The van der Waals surface area contributed by atoms with E-state index in [0.29, 0.717) is 5.92 Å². The Labute approximate surface area is 69.9 Å². The summed E-state index contributed by atoms with van der Waals surface area (Å²) in [4.78, 5) is 4.21. The molecule has 0 radical (unpaired) electrons. The van der Waals surface area contributed by atoms with E-state index < -0.39 is 0 Å². The molecule has 0 saturated heterocycles. The maximum absolute atomic E-state index is 9.53. The van der Waals surface area contributed by atoms with Gasteiger partial charge >= 0.3 is 0 Å². The number of hydrogen-bond acceptors (Lipinski definition) is 3. The van der Waals surface area contributed by atoms with Crippen LogP contribution in [-0.4, -0.2) is 16.2 Å². The Morgan fingerprint density at radius 2 is 2.45 bits per heavy atom. The average molecular weight is 169 g/mol. The predicted octanol–water partition coefficient (Wildman–Crippen LogP) is 1.77. The molecule has 1 heterocycles. The van der Waals surface area contributed by atoms with Gasteiger partial charge in [0, 0.05) is 17.5 Å². The molecule has 0 aromatic carbocycles. The Morgan fingerprint density at radius 1 is 1.55 bits per heavy atom. The number of aromatic nitrogens is 1. The van der Waals surface area contributed by atoms with E-state index in [2.05, 4.69) is 4.98 Å². The second-order valence-corrected chi connectivity index (χ2v) is 3.90. The Bertz CT molecular complexity index is 222. The first-order valence-corrected chi connectivity index (χ1v) is 4.83. The second-order valence-electron chi connectivity index (χ2n) is 2.98. The zero-order chi connectivity index (χ0) is 7.68. The fourth-order valence-corrected chi connectivity index (χ4v) is 2.48. The molecule has 3 heteroatoms. The van der Waals surface area contributed by atoms with E-state index >= 15 is 0 Å². The highest BCUT2D eigenvalue weighted by molar-refractivity contribution is 7.09. The number of aliphatic hydroxyl groups excluding tert-OH is 1. The number of nitrogens with zero attached hydrogens (tertiary/aromatic N) is 1. The van der Waals surface area contributed by atoms with E-state index in [0.717, 1.165) is 24.3 Å². The van der Waals surface area contributed by atoms with Gasteiger partial charge in [0.05, 0.1) is 11.1 Å². The van der Waals surface area contributed by atoms with Crippen LogP contribution in [0.5, 0.6) is 0 Å². The highest BCUT2D eigenvalue weighted by Gasteiger charge is 2.28. The fourth-order valence-electron chi connectivity index (χ4n) is 1.65. The molecule has 1 saturated carbocycles. The summed E-state index contributed by atoms with van der Waals surface area (Å²) in [5.41, 5.74) is 0. The molecular formula is C8H11NOS. The lowest BCUT2D eigenvalue weighted by Crippen LogP contribution is -2.10. The Balaban J connectivity index is 2.16. The molecule has 1 aromatic heterocycles. The Hall–Kier alpha value is -0.410. The van der Waals surface area contributed by atoms with Gasteiger partial charge in [-0.2, -0.15) is 0 Å². The number of thiazole rings is 1. The van der Waals surface area contributed by atoms with Crippen LogP contribution in [0.15, 0.2) is 11.6 Å². The normalized spacial score (nSPS) is 31.0. The van der Waals surface area contributed by atoms with Gasteiger partial charge < -0.3 is 5.11 Å². The Morgan fingerprint density at radius 3 is 3.00 bits per heavy atom. The van der Waals surface area contributed by atoms with Crippen molar-refractivity contribution in [2.75, 3.05) is 0 Å². The van der Waals surface area contributed by atoms with Crippen molar-refractivity contribution in [3.63, 3.8) is 0 Å². The molecule has 0 aliphatic heterocycles. The summed E-state index contributed by atoms with van der Waals surface area (Å²) in [5, 5.41) is 12.6. The van der Waals surface area contributed by atoms with Crippen molar-refractivity contribution in [1.82, 2.24) is 4.98 Å². The molecule has 2 rings (SSSR count). The third-order valence-corrected chi connectivity index (χ3v) is 3.16. The predicted molar refractivity (Wildman–Crippen MR) is 44.7 cm³/mol. The van der Waals surface area contributed by atoms with Crippen molar-refractivity contribution in [3.8, 4) is 0 Å².